The number of halogens is 1. The summed E-state index contributed by atoms with van der Waals surface area (Å²) < 4.78 is 10.8. The topological polar surface area (TPSA) is 92.8 Å². The van der Waals surface area contributed by atoms with Crippen LogP contribution >= 0.6 is 11.6 Å². The summed E-state index contributed by atoms with van der Waals surface area (Å²) in [6.45, 7) is 2.80. The van der Waals surface area contributed by atoms with E-state index in [9.17, 15) is 10.4 Å². The quantitative estimate of drug-likeness (QED) is 0.412. The summed E-state index contributed by atoms with van der Waals surface area (Å²) in [4.78, 5) is 4.50. The molecule has 190 valence electrons. The van der Waals surface area contributed by atoms with Crippen molar-refractivity contribution < 1.29 is 14.6 Å². The summed E-state index contributed by atoms with van der Waals surface area (Å²) in [6, 6.07) is 24.9. The predicted octanol–water partition coefficient (Wildman–Crippen LogP) is 4.71. The minimum absolute atomic E-state index is 0.0454. The number of nitriles is 2. The predicted molar refractivity (Wildman–Crippen MR) is 143 cm³/mol. The summed E-state index contributed by atoms with van der Waals surface area (Å²) in [6.07, 6.45) is 0. The Balaban J connectivity index is 1.65. The third-order valence-electron chi connectivity index (χ3n) is 6.66. The molecular weight excluding hydrogens is 488 g/mol. The number of ether oxygens (including phenoxy) is 2. The van der Waals surface area contributed by atoms with Gasteiger partial charge in [-0.15, -0.1) is 0 Å². The molecule has 0 saturated carbocycles. The van der Waals surface area contributed by atoms with E-state index in [-0.39, 0.29) is 18.7 Å². The van der Waals surface area contributed by atoms with Crippen LogP contribution in [0.15, 0.2) is 66.7 Å². The zero-order valence-corrected chi connectivity index (χ0v) is 21.4. The van der Waals surface area contributed by atoms with E-state index in [1.807, 2.05) is 48.5 Å². The maximum Gasteiger partial charge on any atom is 0.120 e. The molecule has 1 fully saturated rings. The Labute approximate surface area is 222 Å². The molecule has 37 heavy (non-hydrogen) atoms. The van der Waals surface area contributed by atoms with Gasteiger partial charge in [-0.05, 0) is 53.6 Å². The highest BCUT2D eigenvalue weighted by molar-refractivity contribution is 6.30. The van der Waals surface area contributed by atoms with Crippen molar-refractivity contribution in [3.05, 3.63) is 94.0 Å². The summed E-state index contributed by atoms with van der Waals surface area (Å²) >= 11 is 6.18. The minimum Gasteiger partial charge on any atom is -0.491 e. The molecule has 7 nitrogen and oxygen atoms in total. The highest BCUT2D eigenvalue weighted by Gasteiger charge is 2.33. The van der Waals surface area contributed by atoms with Crippen LogP contribution in [-0.2, 0) is 4.74 Å². The Morgan fingerprint density at radius 3 is 2.41 bits per heavy atom. The van der Waals surface area contributed by atoms with Crippen LogP contribution in [0.3, 0.4) is 0 Å². The lowest BCUT2D eigenvalue weighted by Gasteiger charge is -2.46. The van der Waals surface area contributed by atoms with Crippen molar-refractivity contribution in [3.8, 4) is 17.9 Å². The minimum atomic E-state index is -0.211. The van der Waals surface area contributed by atoms with Crippen LogP contribution in [0.5, 0.6) is 5.75 Å². The molecule has 1 N–H and O–H groups in total. The lowest BCUT2D eigenvalue weighted by Crippen LogP contribution is -2.50. The Bertz CT molecular complexity index is 1270. The van der Waals surface area contributed by atoms with Crippen molar-refractivity contribution in [1.29, 1.82) is 10.5 Å². The molecule has 4 rings (SSSR count). The van der Waals surface area contributed by atoms with Crippen LogP contribution in [0.2, 0.25) is 5.02 Å². The van der Waals surface area contributed by atoms with Crippen LogP contribution in [0.1, 0.15) is 34.3 Å². The van der Waals surface area contributed by atoms with Crippen molar-refractivity contribution in [2.24, 2.45) is 0 Å². The number of hydrogen-bond acceptors (Lipinski definition) is 7. The first-order valence-electron chi connectivity index (χ1n) is 12.1. The fourth-order valence-electron chi connectivity index (χ4n) is 4.74. The first-order valence-corrected chi connectivity index (χ1v) is 12.5. The Kier molecular flexibility index (Phi) is 9.00. The Hall–Kier alpha value is -3.59. The van der Waals surface area contributed by atoms with Gasteiger partial charge in [0.25, 0.3) is 0 Å². The monoisotopic (exact) mass is 516 g/mol. The molecular formula is C29H29ClN4O3. The fraction of sp³-hybridized carbons (Fsp3) is 0.310. The first-order chi connectivity index (χ1) is 18.1. The molecule has 0 radical (unpaired) electrons. The number of benzene rings is 3. The Morgan fingerprint density at radius 2 is 1.76 bits per heavy atom. The van der Waals surface area contributed by atoms with Gasteiger partial charge in [0.15, 0.2) is 0 Å². The highest BCUT2D eigenvalue weighted by Crippen LogP contribution is 2.37. The molecule has 1 aliphatic heterocycles. The summed E-state index contributed by atoms with van der Waals surface area (Å²) in [5.74, 6) is 0.625. The Morgan fingerprint density at radius 1 is 1.00 bits per heavy atom. The van der Waals surface area contributed by atoms with Gasteiger partial charge in [-0.2, -0.15) is 10.5 Å². The molecule has 3 aromatic carbocycles. The third-order valence-corrected chi connectivity index (χ3v) is 6.91. The van der Waals surface area contributed by atoms with E-state index in [1.54, 1.807) is 25.3 Å². The van der Waals surface area contributed by atoms with Crippen LogP contribution in [-0.4, -0.2) is 56.6 Å². The smallest absolute Gasteiger partial charge is 0.120 e. The maximum atomic E-state index is 10.3. The molecule has 8 heteroatoms. The zero-order chi connectivity index (χ0) is 26.2. The first kappa shape index (κ1) is 26.5. The van der Waals surface area contributed by atoms with Gasteiger partial charge < -0.3 is 19.5 Å². The summed E-state index contributed by atoms with van der Waals surface area (Å²) in [7, 11) is 1.62. The van der Waals surface area contributed by atoms with Crippen molar-refractivity contribution in [3.63, 3.8) is 0 Å². The SMILES string of the molecule is COCCOc1ccc(N2CCN([C@H](CO)c3ccc(C#N)cc3)C[C@H]2c2ccc(Cl)cc2)c(C#N)c1. The normalized spacial score (nSPS) is 16.6. The largest absolute Gasteiger partial charge is 0.491 e. The second-order valence-corrected chi connectivity index (χ2v) is 9.26. The standard InChI is InChI=1S/C29H29ClN4O3/c1-36-14-15-37-26-10-11-27(24(16-26)18-32)34-13-12-33(19-28(34)22-6-8-25(30)9-7-22)29(20-35)23-4-2-21(17-31)3-5-23/h2-11,16,28-29,35H,12-15,19-20H2,1H3/t28-,29+/m0/s1. The van der Waals surface area contributed by atoms with E-state index in [2.05, 4.69) is 21.9 Å². The van der Waals surface area contributed by atoms with E-state index >= 15 is 0 Å². The number of rotatable bonds is 9. The average molecular weight is 517 g/mol. The molecule has 0 amide bonds. The van der Waals surface area contributed by atoms with E-state index < -0.39 is 0 Å². The molecule has 1 saturated heterocycles. The highest BCUT2D eigenvalue weighted by atomic mass is 35.5. The van der Waals surface area contributed by atoms with Gasteiger partial charge in [-0.1, -0.05) is 35.9 Å². The number of aliphatic hydroxyl groups is 1. The molecule has 0 aromatic heterocycles. The van der Waals surface area contributed by atoms with Crippen LogP contribution < -0.4 is 9.64 Å². The molecule has 0 unspecified atom stereocenters. The molecule has 0 spiro atoms. The lowest BCUT2D eigenvalue weighted by atomic mass is 9.97. The number of piperazine rings is 1. The van der Waals surface area contributed by atoms with Crippen molar-refractivity contribution in [2.45, 2.75) is 12.1 Å². The summed E-state index contributed by atoms with van der Waals surface area (Å²) in [5.41, 5.74) is 3.98. The number of aliphatic hydroxyl groups excluding tert-OH is 1. The molecule has 2 atom stereocenters. The van der Waals surface area contributed by atoms with Gasteiger partial charge in [0, 0.05) is 31.8 Å². The molecule has 1 aliphatic rings. The number of hydrogen-bond donors (Lipinski definition) is 1. The third kappa shape index (κ3) is 6.22. The lowest BCUT2D eigenvalue weighted by molar-refractivity contribution is 0.103. The van der Waals surface area contributed by atoms with Gasteiger partial charge in [0.1, 0.15) is 18.4 Å². The fourth-order valence-corrected chi connectivity index (χ4v) is 4.87. The molecule has 0 bridgehead atoms. The van der Waals surface area contributed by atoms with Crippen LogP contribution in [0.4, 0.5) is 5.69 Å². The van der Waals surface area contributed by atoms with Crippen LogP contribution in [0.25, 0.3) is 0 Å². The van der Waals surface area contributed by atoms with Gasteiger partial charge in [0.2, 0.25) is 0 Å². The second kappa shape index (κ2) is 12.6. The number of methoxy groups -OCH3 is 1. The van der Waals surface area contributed by atoms with E-state index in [0.29, 0.717) is 54.7 Å². The number of anilines is 1. The van der Waals surface area contributed by atoms with Crippen molar-refractivity contribution >= 4 is 17.3 Å². The molecule has 1 heterocycles. The van der Waals surface area contributed by atoms with Crippen molar-refractivity contribution in [1.82, 2.24) is 4.90 Å². The van der Waals surface area contributed by atoms with Crippen molar-refractivity contribution in [2.75, 3.05) is 51.5 Å². The van der Waals surface area contributed by atoms with E-state index in [0.717, 1.165) is 16.8 Å². The summed E-state index contributed by atoms with van der Waals surface area (Å²) in [5, 5.41) is 30.1. The molecule has 3 aromatic rings. The zero-order valence-electron chi connectivity index (χ0n) is 20.7. The van der Waals surface area contributed by atoms with E-state index in [1.165, 1.54) is 0 Å². The van der Waals surface area contributed by atoms with E-state index in [4.69, 9.17) is 26.3 Å². The average Bonchev–Trinajstić information content (AvgIpc) is 2.94. The van der Waals surface area contributed by atoms with Gasteiger partial charge in [-0.3, -0.25) is 4.90 Å². The van der Waals surface area contributed by atoms with Crippen LogP contribution in [0, 0.1) is 22.7 Å². The van der Waals surface area contributed by atoms with Gasteiger partial charge >= 0.3 is 0 Å². The second-order valence-electron chi connectivity index (χ2n) is 8.82. The number of nitrogens with zero attached hydrogens (tertiary/aromatic N) is 4. The van der Waals surface area contributed by atoms with Gasteiger partial charge in [-0.25, -0.2) is 0 Å². The molecule has 0 aliphatic carbocycles. The van der Waals surface area contributed by atoms with Gasteiger partial charge in [0.05, 0.1) is 48.2 Å². The maximum absolute atomic E-state index is 10.3.